The summed E-state index contributed by atoms with van der Waals surface area (Å²) in [7, 11) is 0. The van der Waals surface area contributed by atoms with E-state index < -0.39 is 23.6 Å². The Balaban J connectivity index is 0.000000188. The SMILES string of the molecule is C=C(C)C(=O)OC1(CC)C2CC3CC(C2)CC1C3.C=C(C)C(=O)OC1(CC)CCCC1.C=C(C)C(=O)OC1CCOC1=O.C=Cc1ccc(C(=O)OC2(c3ccccc3)CCCCC2)cc1.C=Cc1ccc(OC(C)OCC)cc1. The molecule has 7 fully saturated rings. The average Bonchev–Trinajstić information content (AvgIpc) is 4.11. The topological polar surface area (TPSA) is 150 Å². The van der Waals surface area contributed by atoms with Crippen LogP contribution in [0.3, 0.4) is 0 Å². The Labute approximate surface area is 477 Å². The molecule has 6 saturated carbocycles. The van der Waals surface area contributed by atoms with E-state index in [1.807, 2.05) is 68.4 Å². The Bertz CT molecular complexity index is 2540. The fourth-order valence-electron chi connectivity index (χ4n) is 12.2. The van der Waals surface area contributed by atoms with Crippen molar-refractivity contribution in [1.29, 1.82) is 0 Å². The first-order chi connectivity index (χ1) is 38.2. The van der Waals surface area contributed by atoms with E-state index in [4.69, 9.17) is 28.4 Å². The first-order valence-corrected chi connectivity index (χ1v) is 29.1. The summed E-state index contributed by atoms with van der Waals surface area (Å²) >= 11 is 0. The molecule has 6 aliphatic carbocycles. The summed E-state index contributed by atoms with van der Waals surface area (Å²) in [5.41, 5.74) is 4.30. The number of rotatable bonds is 17. The second-order valence-corrected chi connectivity index (χ2v) is 22.4. The lowest BCUT2D eigenvalue weighted by molar-refractivity contribution is -0.207. The smallest absolute Gasteiger partial charge is 0.347 e. The molecule has 2 unspecified atom stereocenters. The number of hydrogen-bond donors (Lipinski definition) is 0. The number of carbonyl (C=O) groups excluding carboxylic acids is 5. The highest BCUT2D eigenvalue weighted by molar-refractivity contribution is 5.91. The van der Waals surface area contributed by atoms with Crippen LogP contribution in [0.1, 0.15) is 185 Å². The van der Waals surface area contributed by atoms with Crippen LogP contribution in [-0.4, -0.2) is 66.7 Å². The summed E-state index contributed by atoms with van der Waals surface area (Å²) in [5, 5.41) is 0. The van der Waals surface area contributed by atoms with Crippen molar-refractivity contribution in [2.24, 2.45) is 23.7 Å². The standard InChI is InChI=1S/C21H22O2.C16H24O2.C12H16O2.C11H18O2.C8H10O4/c1-2-17-11-13-18(14-12-17)20(22)23-21(15-7-4-8-16-21)19-9-5-3-6-10-19;1-4-16(18-15(17)10(2)3)13-6-11-5-12(8-13)9-14(16)7-11;1-4-11-6-8-12(9-7-11)14-10(3)13-5-2;1-4-11(7-5-6-8-11)13-10(12)9(2)3;1-5(2)7(9)12-6-3-4-11-8(6)10/h2-3,5-6,9-14H,1,4,7-8,15-16H2;11-14H,2,4-9H2,1,3H3;4,6-10H,1,5H2,2-3H3;2,4-8H2,1,3H3;6H,1,3-4H2,2H3. The molecule has 0 aromatic heterocycles. The van der Waals surface area contributed by atoms with E-state index in [1.165, 1.54) is 58.3 Å². The van der Waals surface area contributed by atoms with Crippen molar-refractivity contribution in [2.45, 2.75) is 187 Å². The quantitative estimate of drug-likeness (QED) is 0.0548. The highest BCUT2D eigenvalue weighted by atomic mass is 16.7. The van der Waals surface area contributed by atoms with Crippen LogP contribution in [0, 0.1) is 23.7 Å². The van der Waals surface area contributed by atoms with E-state index in [1.54, 1.807) is 38.1 Å². The minimum atomic E-state index is -0.728. The number of cyclic esters (lactones) is 1. The van der Waals surface area contributed by atoms with E-state index in [0.717, 1.165) is 85.6 Å². The Morgan fingerprint density at radius 2 is 1.15 bits per heavy atom. The predicted octanol–water partition coefficient (Wildman–Crippen LogP) is 15.4. The Kier molecular flexibility index (Phi) is 24.8. The lowest BCUT2D eigenvalue weighted by Crippen LogP contribution is -2.59. The molecule has 0 amide bonds. The first kappa shape index (κ1) is 64.3. The van der Waals surface area contributed by atoms with Crippen LogP contribution in [0.25, 0.3) is 12.2 Å². The Hall–Kier alpha value is -6.53. The zero-order valence-corrected chi connectivity index (χ0v) is 49.0. The molecule has 12 heteroatoms. The zero-order valence-electron chi connectivity index (χ0n) is 49.0. The van der Waals surface area contributed by atoms with Crippen molar-refractivity contribution in [3.63, 3.8) is 0 Å². The number of ether oxygens (including phenoxy) is 7. The molecule has 1 aliphatic heterocycles. The summed E-state index contributed by atoms with van der Waals surface area (Å²) in [6, 6.07) is 25.3. The summed E-state index contributed by atoms with van der Waals surface area (Å²) in [4.78, 5) is 57.7. The fraction of sp³-hybridized carbons (Fsp3) is 0.515. The minimum absolute atomic E-state index is 0.163. The van der Waals surface area contributed by atoms with Crippen LogP contribution in [0.5, 0.6) is 5.75 Å². The summed E-state index contributed by atoms with van der Waals surface area (Å²) < 4.78 is 37.6. The molecule has 2 atom stereocenters. The van der Waals surface area contributed by atoms with Crippen molar-refractivity contribution in [3.8, 4) is 5.75 Å². The van der Waals surface area contributed by atoms with Crippen molar-refractivity contribution in [1.82, 2.24) is 0 Å². The molecule has 1 heterocycles. The predicted molar refractivity (Wildman–Crippen MR) is 315 cm³/mol. The van der Waals surface area contributed by atoms with Gasteiger partial charge in [-0.05, 0) is 196 Å². The molecule has 7 aliphatic rings. The number of esters is 5. The van der Waals surface area contributed by atoms with Gasteiger partial charge in [-0.25, -0.2) is 24.0 Å². The van der Waals surface area contributed by atoms with Crippen molar-refractivity contribution in [2.75, 3.05) is 13.2 Å². The van der Waals surface area contributed by atoms with Gasteiger partial charge >= 0.3 is 29.8 Å². The molecule has 10 rings (SSSR count). The van der Waals surface area contributed by atoms with E-state index >= 15 is 0 Å². The molecule has 0 N–H and O–H groups in total. The summed E-state index contributed by atoms with van der Waals surface area (Å²) in [6.07, 6.45) is 21.1. The summed E-state index contributed by atoms with van der Waals surface area (Å²) in [6.45, 7) is 32.2. The lowest BCUT2D eigenvalue weighted by atomic mass is 9.49. The van der Waals surface area contributed by atoms with Gasteiger partial charge in [-0.15, -0.1) is 0 Å². The molecule has 3 aromatic carbocycles. The number of hydrogen-bond acceptors (Lipinski definition) is 12. The molecule has 434 valence electrons. The molecule has 12 nitrogen and oxygen atoms in total. The van der Waals surface area contributed by atoms with E-state index in [2.05, 4.69) is 63.6 Å². The highest BCUT2D eigenvalue weighted by Crippen LogP contribution is 2.60. The maximum atomic E-state index is 12.6. The minimum Gasteiger partial charge on any atom is -0.465 e. The van der Waals surface area contributed by atoms with Crippen LogP contribution in [0.4, 0.5) is 0 Å². The molecule has 0 spiro atoms. The second-order valence-electron chi connectivity index (χ2n) is 22.4. The monoisotopic (exact) mass is 1100 g/mol. The highest BCUT2D eigenvalue weighted by Gasteiger charge is 2.58. The van der Waals surface area contributed by atoms with Crippen LogP contribution < -0.4 is 4.74 Å². The van der Waals surface area contributed by atoms with Gasteiger partial charge in [0.25, 0.3) is 0 Å². The third-order valence-electron chi connectivity index (χ3n) is 16.5. The van der Waals surface area contributed by atoms with E-state index in [9.17, 15) is 24.0 Å². The van der Waals surface area contributed by atoms with Gasteiger partial charge in [0.15, 0.2) is 6.29 Å². The molecular formula is C68H90O12. The van der Waals surface area contributed by atoms with Crippen molar-refractivity contribution >= 4 is 42.0 Å². The largest absolute Gasteiger partial charge is 0.465 e. The maximum absolute atomic E-state index is 12.6. The summed E-state index contributed by atoms with van der Waals surface area (Å²) in [5.74, 6) is 2.20. The van der Waals surface area contributed by atoms with Gasteiger partial charge in [0.05, 0.1) is 12.2 Å². The lowest BCUT2D eigenvalue weighted by Gasteiger charge is -2.60. The average molecular weight is 1100 g/mol. The van der Waals surface area contributed by atoms with Gasteiger partial charge in [0.1, 0.15) is 22.6 Å². The number of carbonyl (C=O) groups is 5. The normalized spacial score (nSPS) is 23.5. The van der Waals surface area contributed by atoms with Crippen molar-refractivity contribution < 1.29 is 57.1 Å². The number of benzene rings is 3. The van der Waals surface area contributed by atoms with Gasteiger partial charge in [-0.3, -0.25) is 0 Å². The molecule has 3 aromatic rings. The Morgan fingerprint density at radius 1 is 0.637 bits per heavy atom. The van der Waals surface area contributed by atoms with E-state index in [-0.39, 0.29) is 41.0 Å². The molecule has 80 heavy (non-hydrogen) atoms. The van der Waals surface area contributed by atoms with Crippen LogP contribution in [0.2, 0.25) is 0 Å². The molecule has 1 saturated heterocycles. The van der Waals surface area contributed by atoms with Gasteiger partial charge < -0.3 is 33.2 Å². The third-order valence-corrected chi connectivity index (χ3v) is 16.5. The maximum Gasteiger partial charge on any atom is 0.347 e. The third kappa shape index (κ3) is 18.0. The van der Waals surface area contributed by atoms with Gasteiger partial charge in [0.2, 0.25) is 6.10 Å². The van der Waals surface area contributed by atoms with Gasteiger partial charge in [0, 0.05) is 29.7 Å². The van der Waals surface area contributed by atoms with Crippen molar-refractivity contribution in [3.05, 3.63) is 151 Å². The van der Waals surface area contributed by atoms with Gasteiger partial charge in [-0.2, -0.15) is 0 Å². The van der Waals surface area contributed by atoms with Crippen LogP contribution >= 0.6 is 0 Å². The van der Waals surface area contributed by atoms with Gasteiger partial charge in [-0.1, -0.05) is 120 Å². The fourth-order valence-corrected chi connectivity index (χ4v) is 12.2. The molecular weight excluding hydrogens is 1010 g/mol. The van der Waals surface area contributed by atoms with E-state index in [0.29, 0.717) is 48.2 Å². The van der Waals surface area contributed by atoms with Crippen LogP contribution in [0.15, 0.2) is 128 Å². The zero-order chi connectivity index (χ0) is 58.5. The Morgan fingerprint density at radius 3 is 1.61 bits per heavy atom. The molecule has 4 bridgehead atoms. The second kappa shape index (κ2) is 30.9. The van der Waals surface area contributed by atoms with Crippen LogP contribution in [-0.2, 0) is 53.2 Å². The molecule has 0 radical (unpaired) electrons. The first-order valence-electron chi connectivity index (χ1n) is 29.1.